The summed E-state index contributed by atoms with van der Waals surface area (Å²) in [6.07, 6.45) is 2.47. The van der Waals surface area contributed by atoms with Crippen molar-refractivity contribution in [2.75, 3.05) is 24.5 Å². The van der Waals surface area contributed by atoms with E-state index in [0.717, 1.165) is 31.4 Å². The quantitative estimate of drug-likeness (QED) is 0.307. The molecule has 0 spiro atoms. The molecule has 11 nitrogen and oxygen atoms in total. The molecule has 162 valence electrons. The molecule has 0 aliphatic carbocycles. The van der Waals surface area contributed by atoms with Gasteiger partial charge in [-0.1, -0.05) is 18.2 Å². The largest absolute Gasteiger partial charge is 0.425 e. The predicted octanol–water partition coefficient (Wildman–Crippen LogP) is 2.83. The van der Waals surface area contributed by atoms with Gasteiger partial charge in [0.1, 0.15) is 12.3 Å². The van der Waals surface area contributed by atoms with Gasteiger partial charge in [0, 0.05) is 25.2 Å². The van der Waals surface area contributed by atoms with Crippen molar-refractivity contribution in [2.45, 2.75) is 19.3 Å². The van der Waals surface area contributed by atoms with Gasteiger partial charge in [0.15, 0.2) is 5.69 Å². The lowest BCUT2D eigenvalue weighted by Gasteiger charge is -2.28. The molecule has 3 rings (SSSR count). The minimum atomic E-state index is -0.860. The van der Waals surface area contributed by atoms with Crippen molar-refractivity contribution in [2.24, 2.45) is 0 Å². The van der Waals surface area contributed by atoms with Gasteiger partial charge in [-0.05, 0) is 31.4 Å². The molecule has 1 heterocycles. The van der Waals surface area contributed by atoms with Crippen LogP contribution in [0.5, 0.6) is 5.75 Å². The molecule has 1 N–H and O–H groups in total. The fourth-order valence-electron chi connectivity index (χ4n) is 3.37. The summed E-state index contributed by atoms with van der Waals surface area (Å²) in [4.78, 5) is 47.8. The van der Waals surface area contributed by atoms with Gasteiger partial charge < -0.3 is 15.0 Å². The van der Waals surface area contributed by atoms with Crippen LogP contribution >= 0.6 is 0 Å². The Balaban J connectivity index is 1.81. The molecular formula is C20H20N4O7. The molecule has 0 bridgehead atoms. The van der Waals surface area contributed by atoms with Crippen molar-refractivity contribution in [3.63, 3.8) is 0 Å². The zero-order valence-electron chi connectivity index (χ0n) is 16.5. The van der Waals surface area contributed by atoms with Crippen LogP contribution in [0, 0.1) is 20.2 Å². The number of anilines is 1. The Labute approximate surface area is 176 Å². The SMILES string of the molecule is O=C(CNC(=O)c1cc([N+](=O)[O-])c(N2CCCCC2)c([N+](=O)[O-])c1)Oc1ccccc1. The molecule has 1 aliphatic rings. The molecule has 1 aliphatic heterocycles. The molecule has 2 aromatic rings. The third-order valence-corrected chi connectivity index (χ3v) is 4.77. The molecule has 0 atom stereocenters. The summed E-state index contributed by atoms with van der Waals surface area (Å²) < 4.78 is 5.05. The van der Waals surface area contributed by atoms with E-state index in [4.69, 9.17) is 4.74 Å². The molecule has 0 unspecified atom stereocenters. The average Bonchev–Trinajstić information content (AvgIpc) is 2.77. The monoisotopic (exact) mass is 428 g/mol. The highest BCUT2D eigenvalue weighted by Crippen LogP contribution is 2.40. The van der Waals surface area contributed by atoms with Gasteiger partial charge in [-0.2, -0.15) is 0 Å². The lowest BCUT2D eigenvalue weighted by molar-refractivity contribution is -0.392. The molecule has 11 heteroatoms. The number of carbonyl (C=O) groups excluding carboxylic acids is 2. The maximum absolute atomic E-state index is 12.5. The van der Waals surface area contributed by atoms with Crippen molar-refractivity contribution in [3.8, 4) is 5.75 Å². The minimum Gasteiger partial charge on any atom is -0.425 e. The Morgan fingerprint density at radius 1 is 0.968 bits per heavy atom. The molecule has 1 saturated heterocycles. The number of hydrogen-bond acceptors (Lipinski definition) is 8. The first-order chi connectivity index (χ1) is 14.9. The van der Waals surface area contributed by atoms with E-state index in [0.29, 0.717) is 18.8 Å². The number of nitro benzene ring substituents is 2. The summed E-state index contributed by atoms with van der Waals surface area (Å²) in [5.41, 5.74) is -1.43. The van der Waals surface area contributed by atoms with Crippen molar-refractivity contribution >= 4 is 28.9 Å². The normalized spacial score (nSPS) is 13.4. The summed E-state index contributed by atoms with van der Waals surface area (Å²) in [6.45, 7) is 0.403. The smallest absolute Gasteiger partial charge is 0.330 e. The zero-order valence-corrected chi connectivity index (χ0v) is 16.5. The van der Waals surface area contributed by atoms with Crippen LogP contribution in [-0.4, -0.2) is 41.4 Å². The second kappa shape index (κ2) is 9.65. The fourth-order valence-corrected chi connectivity index (χ4v) is 3.37. The Kier molecular flexibility index (Phi) is 6.75. The van der Waals surface area contributed by atoms with Crippen molar-refractivity contribution in [1.82, 2.24) is 5.32 Å². The Bertz CT molecular complexity index is 969. The van der Waals surface area contributed by atoms with Crippen molar-refractivity contribution < 1.29 is 24.2 Å². The van der Waals surface area contributed by atoms with E-state index in [1.807, 2.05) is 0 Å². The number of piperidine rings is 1. The summed E-state index contributed by atoms with van der Waals surface area (Å²) in [7, 11) is 0. The van der Waals surface area contributed by atoms with E-state index in [1.54, 1.807) is 35.2 Å². The number of benzene rings is 2. The number of hydrogen-bond donors (Lipinski definition) is 1. The lowest BCUT2D eigenvalue weighted by atomic mass is 10.1. The van der Waals surface area contributed by atoms with Gasteiger partial charge in [0.05, 0.1) is 15.4 Å². The van der Waals surface area contributed by atoms with E-state index in [2.05, 4.69) is 5.32 Å². The predicted molar refractivity (Wildman–Crippen MR) is 110 cm³/mol. The maximum atomic E-state index is 12.5. The highest BCUT2D eigenvalue weighted by Gasteiger charge is 2.33. The molecule has 1 fully saturated rings. The van der Waals surface area contributed by atoms with Crippen LogP contribution < -0.4 is 15.0 Å². The summed E-state index contributed by atoms with van der Waals surface area (Å²) >= 11 is 0. The number of nitrogens with zero attached hydrogens (tertiary/aromatic N) is 3. The number of amides is 1. The number of esters is 1. The van der Waals surface area contributed by atoms with Gasteiger partial charge >= 0.3 is 5.97 Å². The standard InChI is InChI=1S/C20H20N4O7/c25-18(31-15-7-3-1-4-8-15)13-21-20(26)14-11-16(23(27)28)19(17(12-14)24(29)30)22-9-5-2-6-10-22/h1,3-4,7-8,11-12H,2,5-6,9-10,13H2,(H,21,26). The van der Waals surface area contributed by atoms with Gasteiger partial charge in [0.25, 0.3) is 17.3 Å². The second-order valence-corrected chi connectivity index (χ2v) is 6.89. The number of nitro groups is 2. The van der Waals surface area contributed by atoms with Gasteiger partial charge in [-0.25, -0.2) is 4.79 Å². The highest BCUT2D eigenvalue weighted by atomic mass is 16.6. The van der Waals surface area contributed by atoms with E-state index >= 15 is 0 Å². The summed E-state index contributed by atoms with van der Waals surface area (Å²) in [6, 6.07) is 10.2. The second-order valence-electron chi connectivity index (χ2n) is 6.89. The molecule has 2 aromatic carbocycles. The molecule has 31 heavy (non-hydrogen) atoms. The van der Waals surface area contributed by atoms with Gasteiger partial charge in [-0.3, -0.25) is 25.0 Å². The first-order valence-electron chi connectivity index (χ1n) is 9.62. The maximum Gasteiger partial charge on any atom is 0.330 e. The minimum absolute atomic E-state index is 0.102. The van der Waals surface area contributed by atoms with Crippen LogP contribution in [0.4, 0.5) is 17.1 Å². The number of rotatable bonds is 7. The Morgan fingerprint density at radius 3 is 2.10 bits per heavy atom. The summed E-state index contributed by atoms with van der Waals surface area (Å²) in [5, 5.41) is 25.5. The van der Waals surface area contributed by atoms with Gasteiger partial charge in [-0.15, -0.1) is 0 Å². The Morgan fingerprint density at radius 2 is 1.55 bits per heavy atom. The van der Waals surface area contributed by atoms with Crippen LogP contribution in [0.1, 0.15) is 29.6 Å². The third kappa shape index (κ3) is 5.32. The first kappa shape index (κ1) is 21.7. The van der Waals surface area contributed by atoms with Crippen LogP contribution in [0.25, 0.3) is 0 Å². The zero-order chi connectivity index (χ0) is 22.4. The van der Waals surface area contributed by atoms with E-state index in [9.17, 15) is 29.8 Å². The van der Waals surface area contributed by atoms with Gasteiger partial charge in [0.2, 0.25) is 0 Å². The van der Waals surface area contributed by atoms with E-state index in [-0.39, 0.29) is 11.3 Å². The van der Waals surface area contributed by atoms with Crippen molar-refractivity contribution in [3.05, 3.63) is 68.3 Å². The molecule has 0 radical (unpaired) electrons. The lowest BCUT2D eigenvalue weighted by Crippen LogP contribution is -2.33. The fraction of sp³-hybridized carbons (Fsp3) is 0.300. The molecule has 0 saturated carbocycles. The number of nitrogens with one attached hydrogen (secondary N) is 1. The molecule has 0 aromatic heterocycles. The van der Waals surface area contributed by atoms with Crippen LogP contribution in [0.15, 0.2) is 42.5 Å². The molecule has 1 amide bonds. The first-order valence-corrected chi connectivity index (χ1v) is 9.62. The van der Waals surface area contributed by atoms with Crippen LogP contribution in [0.3, 0.4) is 0 Å². The van der Waals surface area contributed by atoms with Crippen LogP contribution in [-0.2, 0) is 4.79 Å². The summed E-state index contributed by atoms with van der Waals surface area (Å²) in [5.74, 6) is -1.33. The van der Waals surface area contributed by atoms with E-state index in [1.165, 1.54) is 0 Å². The third-order valence-electron chi connectivity index (χ3n) is 4.77. The van der Waals surface area contributed by atoms with Crippen LogP contribution in [0.2, 0.25) is 0 Å². The average molecular weight is 428 g/mol. The number of carbonyl (C=O) groups is 2. The van der Waals surface area contributed by atoms with E-state index < -0.39 is 39.6 Å². The number of para-hydroxylation sites is 1. The topological polar surface area (TPSA) is 145 Å². The van der Waals surface area contributed by atoms with Crippen molar-refractivity contribution in [1.29, 1.82) is 0 Å². The highest BCUT2D eigenvalue weighted by molar-refractivity contribution is 5.99. The number of ether oxygens (including phenoxy) is 1. The molecular weight excluding hydrogens is 408 g/mol. The Hall–Kier alpha value is -4.02.